The van der Waals surface area contributed by atoms with E-state index in [1.807, 2.05) is 37.3 Å². The van der Waals surface area contributed by atoms with E-state index >= 15 is 0 Å². The van der Waals surface area contributed by atoms with Crippen molar-refractivity contribution in [1.29, 1.82) is 0 Å². The highest BCUT2D eigenvalue weighted by atomic mass is 16.7. The highest BCUT2D eigenvalue weighted by Crippen LogP contribution is 2.30. The van der Waals surface area contributed by atoms with Gasteiger partial charge in [-0.2, -0.15) is 0 Å². The van der Waals surface area contributed by atoms with Crippen molar-refractivity contribution in [3.05, 3.63) is 54.1 Å². The fourth-order valence-electron chi connectivity index (χ4n) is 2.13. The molecule has 0 amide bonds. The zero-order valence-electron chi connectivity index (χ0n) is 10.7. The Morgan fingerprint density at radius 2 is 1.84 bits per heavy atom. The summed E-state index contributed by atoms with van der Waals surface area (Å²) in [5.74, 6) is 0.837. The topological polar surface area (TPSA) is 42.0 Å². The second kappa shape index (κ2) is 5.03. The summed E-state index contributed by atoms with van der Waals surface area (Å²) in [5, 5.41) is 9.10. The predicted molar refractivity (Wildman–Crippen MR) is 73.0 cm³/mol. The molecule has 2 aromatic rings. The highest BCUT2D eigenvalue weighted by molar-refractivity contribution is 5.69. The van der Waals surface area contributed by atoms with E-state index in [4.69, 9.17) is 14.6 Å². The number of hydrogen-bond acceptors (Lipinski definition) is 3. The van der Waals surface area contributed by atoms with Gasteiger partial charge in [0, 0.05) is 0 Å². The maximum atomic E-state index is 9.10. The SMILES string of the molecule is Cc1c(OCC2OC2O)cccc1-c1ccccc1. The minimum Gasteiger partial charge on any atom is -0.490 e. The lowest BCUT2D eigenvalue weighted by atomic mass is 10.00. The smallest absolute Gasteiger partial charge is 0.185 e. The quantitative estimate of drug-likeness (QED) is 0.855. The molecule has 1 aliphatic rings. The molecule has 19 heavy (non-hydrogen) atoms. The molecule has 0 spiro atoms. The van der Waals surface area contributed by atoms with Crippen molar-refractivity contribution in [2.24, 2.45) is 0 Å². The minimum atomic E-state index is -0.655. The lowest BCUT2D eigenvalue weighted by Gasteiger charge is -2.12. The first-order valence-electron chi connectivity index (χ1n) is 6.37. The molecule has 2 unspecified atom stereocenters. The van der Waals surface area contributed by atoms with Crippen molar-refractivity contribution < 1.29 is 14.6 Å². The summed E-state index contributed by atoms with van der Waals surface area (Å²) in [7, 11) is 0. The zero-order valence-corrected chi connectivity index (χ0v) is 10.7. The number of ether oxygens (including phenoxy) is 2. The van der Waals surface area contributed by atoms with Crippen LogP contribution in [-0.2, 0) is 4.74 Å². The van der Waals surface area contributed by atoms with Crippen LogP contribution in [0.25, 0.3) is 11.1 Å². The van der Waals surface area contributed by atoms with Crippen LogP contribution >= 0.6 is 0 Å². The van der Waals surface area contributed by atoms with E-state index in [9.17, 15) is 0 Å². The van der Waals surface area contributed by atoms with E-state index < -0.39 is 6.29 Å². The lowest BCUT2D eigenvalue weighted by Crippen LogP contribution is -2.08. The van der Waals surface area contributed by atoms with Gasteiger partial charge in [0.05, 0.1) is 0 Å². The third-order valence-electron chi connectivity index (χ3n) is 3.33. The number of hydrogen-bond donors (Lipinski definition) is 1. The normalized spacial score (nSPS) is 21.2. The summed E-state index contributed by atoms with van der Waals surface area (Å²) < 4.78 is 10.6. The van der Waals surface area contributed by atoms with Gasteiger partial charge >= 0.3 is 0 Å². The molecule has 3 nitrogen and oxygen atoms in total. The third-order valence-corrected chi connectivity index (χ3v) is 3.33. The Kier molecular flexibility index (Phi) is 3.23. The average Bonchev–Trinajstić information content (AvgIpc) is 3.14. The monoisotopic (exact) mass is 256 g/mol. The molecule has 0 bridgehead atoms. The lowest BCUT2D eigenvalue weighted by molar-refractivity contribution is 0.155. The Balaban J connectivity index is 1.82. The molecule has 2 atom stereocenters. The van der Waals surface area contributed by atoms with Gasteiger partial charge in [0.15, 0.2) is 6.29 Å². The van der Waals surface area contributed by atoms with Crippen molar-refractivity contribution in [1.82, 2.24) is 0 Å². The van der Waals surface area contributed by atoms with Crippen LogP contribution < -0.4 is 4.74 Å². The van der Waals surface area contributed by atoms with Crippen molar-refractivity contribution >= 4 is 0 Å². The molecule has 3 rings (SSSR count). The molecular formula is C16H16O3. The first-order chi connectivity index (χ1) is 9.25. The average molecular weight is 256 g/mol. The van der Waals surface area contributed by atoms with Crippen LogP contribution in [0.2, 0.25) is 0 Å². The molecule has 1 aliphatic heterocycles. The van der Waals surface area contributed by atoms with Gasteiger partial charge in [0.1, 0.15) is 18.5 Å². The second-order valence-corrected chi connectivity index (χ2v) is 4.67. The van der Waals surface area contributed by atoms with E-state index in [0.717, 1.165) is 16.9 Å². The molecular weight excluding hydrogens is 240 g/mol. The van der Waals surface area contributed by atoms with E-state index in [-0.39, 0.29) is 6.10 Å². The molecule has 1 heterocycles. The van der Waals surface area contributed by atoms with Gasteiger partial charge in [-0.05, 0) is 29.7 Å². The fraction of sp³-hybridized carbons (Fsp3) is 0.250. The number of epoxide rings is 1. The van der Waals surface area contributed by atoms with Crippen LogP contribution in [0.3, 0.4) is 0 Å². The van der Waals surface area contributed by atoms with E-state index in [1.54, 1.807) is 0 Å². The first-order valence-corrected chi connectivity index (χ1v) is 6.37. The molecule has 1 fully saturated rings. The van der Waals surface area contributed by atoms with Crippen LogP contribution in [0.5, 0.6) is 5.75 Å². The molecule has 0 radical (unpaired) electrons. The molecule has 0 aliphatic carbocycles. The molecule has 0 aromatic heterocycles. The molecule has 0 saturated carbocycles. The molecule has 1 N–H and O–H groups in total. The second-order valence-electron chi connectivity index (χ2n) is 4.67. The zero-order chi connectivity index (χ0) is 13.2. The van der Waals surface area contributed by atoms with E-state index in [2.05, 4.69) is 18.2 Å². The largest absolute Gasteiger partial charge is 0.490 e. The molecule has 2 aromatic carbocycles. The van der Waals surface area contributed by atoms with Gasteiger partial charge in [-0.15, -0.1) is 0 Å². The number of benzene rings is 2. The first kappa shape index (κ1) is 12.2. The summed E-state index contributed by atoms with van der Waals surface area (Å²) in [6.07, 6.45) is -0.836. The van der Waals surface area contributed by atoms with Gasteiger partial charge in [-0.25, -0.2) is 0 Å². The molecule has 98 valence electrons. The molecule has 3 heteroatoms. The van der Waals surface area contributed by atoms with Crippen molar-refractivity contribution in [2.45, 2.75) is 19.3 Å². The van der Waals surface area contributed by atoms with E-state index in [1.165, 1.54) is 5.56 Å². The Morgan fingerprint density at radius 1 is 1.11 bits per heavy atom. The Morgan fingerprint density at radius 3 is 2.53 bits per heavy atom. The fourth-order valence-corrected chi connectivity index (χ4v) is 2.13. The number of aliphatic hydroxyl groups is 1. The maximum absolute atomic E-state index is 9.10. The van der Waals surface area contributed by atoms with Gasteiger partial charge in [-0.1, -0.05) is 42.5 Å². The Hall–Kier alpha value is -1.84. The van der Waals surface area contributed by atoms with Gasteiger partial charge in [0.2, 0.25) is 0 Å². The van der Waals surface area contributed by atoms with E-state index in [0.29, 0.717) is 6.61 Å². The van der Waals surface area contributed by atoms with Crippen LogP contribution in [0.4, 0.5) is 0 Å². The highest BCUT2D eigenvalue weighted by Gasteiger charge is 2.37. The van der Waals surface area contributed by atoms with Gasteiger partial charge < -0.3 is 14.6 Å². The summed E-state index contributed by atoms with van der Waals surface area (Å²) in [5.41, 5.74) is 3.44. The summed E-state index contributed by atoms with van der Waals surface area (Å²) >= 11 is 0. The number of aliphatic hydroxyl groups excluding tert-OH is 1. The van der Waals surface area contributed by atoms with Crippen molar-refractivity contribution in [3.8, 4) is 16.9 Å². The van der Waals surface area contributed by atoms with Gasteiger partial charge in [-0.3, -0.25) is 0 Å². The minimum absolute atomic E-state index is 0.181. The maximum Gasteiger partial charge on any atom is 0.185 e. The van der Waals surface area contributed by atoms with Gasteiger partial charge in [0.25, 0.3) is 0 Å². The third kappa shape index (κ3) is 2.62. The number of rotatable bonds is 4. The Bertz CT molecular complexity index is 565. The van der Waals surface area contributed by atoms with Crippen molar-refractivity contribution in [2.75, 3.05) is 6.61 Å². The molecule has 1 saturated heterocycles. The summed E-state index contributed by atoms with van der Waals surface area (Å²) in [6.45, 7) is 2.43. The van der Waals surface area contributed by atoms with Crippen LogP contribution in [-0.4, -0.2) is 24.1 Å². The van der Waals surface area contributed by atoms with Crippen LogP contribution in [0.15, 0.2) is 48.5 Å². The summed E-state index contributed by atoms with van der Waals surface area (Å²) in [4.78, 5) is 0. The van der Waals surface area contributed by atoms with Crippen molar-refractivity contribution in [3.63, 3.8) is 0 Å². The standard InChI is InChI=1S/C16H16O3/c1-11-13(12-6-3-2-4-7-12)8-5-9-14(11)18-10-15-16(17)19-15/h2-9,15-17H,10H2,1H3. The predicted octanol–water partition coefficient (Wildman–Crippen LogP) is 2.76. The summed E-state index contributed by atoms with van der Waals surface area (Å²) in [6, 6.07) is 16.2. The Labute approximate surface area is 112 Å². The van der Waals surface area contributed by atoms with Crippen LogP contribution in [0.1, 0.15) is 5.56 Å². The van der Waals surface area contributed by atoms with Crippen LogP contribution in [0, 0.1) is 6.92 Å².